The second kappa shape index (κ2) is 12.0. The SMILES string of the molecule is CC(=O)N1CNC(=O)c2ccc(n(O)c2=O)C(=O)NC(C)NC(=O)c2ccc(c(=O)n2O)C(=O)NCN(C(C)=O)C1. The zero-order chi connectivity index (χ0) is 30.6. The molecule has 218 valence electrons. The molecule has 4 aliphatic heterocycles. The van der Waals surface area contributed by atoms with Gasteiger partial charge in [-0.15, -0.1) is 9.46 Å². The third kappa shape index (κ3) is 6.49. The van der Waals surface area contributed by atoms with Crippen LogP contribution in [-0.2, 0) is 9.59 Å². The van der Waals surface area contributed by atoms with E-state index in [1.165, 1.54) is 6.92 Å². The first-order valence-electron chi connectivity index (χ1n) is 11.8. The van der Waals surface area contributed by atoms with Crippen LogP contribution in [-0.4, -0.2) is 91.3 Å². The van der Waals surface area contributed by atoms with E-state index >= 15 is 0 Å². The van der Waals surface area contributed by atoms with Crippen molar-refractivity contribution in [3.63, 3.8) is 0 Å². The molecule has 0 saturated heterocycles. The molecular weight excluding hydrogens is 548 g/mol. The minimum atomic E-state index is -1.28. The molecule has 2 aromatic heterocycles. The van der Waals surface area contributed by atoms with Crippen LogP contribution in [0.5, 0.6) is 0 Å². The Bertz CT molecular complexity index is 1450. The summed E-state index contributed by atoms with van der Waals surface area (Å²) in [6, 6.07) is 3.82. The van der Waals surface area contributed by atoms with Crippen molar-refractivity contribution in [2.75, 3.05) is 20.0 Å². The quantitative estimate of drug-likeness (QED) is 0.175. The van der Waals surface area contributed by atoms with E-state index in [0.717, 1.165) is 47.9 Å². The lowest BCUT2D eigenvalue weighted by Crippen LogP contribution is -2.51. The van der Waals surface area contributed by atoms with Crippen LogP contribution >= 0.6 is 0 Å². The Labute approximate surface area is 230 Å². The summed E-state index contributed by atoms with van der Waals surface area (Å²) in [7, 11) is 0. The highest BCUT2D eigenvalue weighted by molar-refractivity contribution is 5.98. The molecule has 41 heavy (non-hydrogen) atoms. The number of hydrogen-bond donors (Lipinski definition) is 6. The molecule has 2 aromatic rings. The molecule has 0 spiro atoms. The van der Waals surface area contributed by atoms with Gasteiger partial charge in [0.1, 0.15) is 22.5 Å². The predicted molar refractivity (Wildman–Crippen MR) is 135 cm³/mol. The average Bonchev–Trinajstić information content (AvgIpc) is 2.89. The fourth-order valence-corrected chi connectivity index (χ4v) is 3.57. The number of rotatable bonds is 0. The zero-order valence-corrected chi connectivity index (χ0v) is 22.0. The van der Waals surface area contributed by atoms with Gasteiger partial charge in [-0.2, -0.15) is 0 Å². The van der Waals surface area contributed by atoms with E-state index in [9.17, 15) is 48.8 Å². The summed E-state index contributed by atoms with van der Waals surface area (Å²) in [5, 5.41) is 29.6. The first-order chi connectivity index (χ1) is 19.2. The van der Waals surface area contributed by atoms with Crippen LogP contribution in [0.1, 0.15) is 62.5 Å². The Morgan fingerprint density at radius 2 is 1.05 bits per heavy atom. The summed E-state index contributed by atoms with van der Waals surface area (Å²) in [6.45, 7) is 2.09. The minimum Gasteiger partial charge on any atom is -0.425 e. The number of carbonyl (C=O) groups excluding carboxylic acids is 6. The lowest BCUT2D eigenvalue weighted by atomic mass is 10.2. The second-order valence-corrected chi connectivity index (χ2v) is 8.75. The van der Waals surface area contributed by atoms with Crippen molar-refractivity contribution < 1.29 is 39.2 Å². The number of pyridine rings is 2. The molecule has 6 heterocycles. The van der Waals surface area contributed by atoms with Crippen LogP contribution in [0.15, 0.2) is 33.9 Å². The lowest BCUT2D eigenvalue weighted by molar-refractivity contribution is -0.137. The summed E-state index contributed by atoms with van der Waals surface area (Å²) in [6.07, 6.45) is -1.18. The molecule has 0 aromatic carbocycles. The average molecular weight is 575 g/mol. The summed E-state index contributed by atoms with van der Waals surface area (Å²) in [5.74, 6) is -5.38. The normalized spacial score (nSPS) is 15.8. The van der Waals surface area contributed by atoms with E-state index in [2.05, 4.69) is 21.3 Å². The van der Waals surface area contributed by atoms with Gasteiger partial charge in [0.2, 0.25) is 11.8 Å². The first kappa shape index (κ1) is 29.9. The number of nitrogens with zero attached hydrogens (tertiary/aromatic N) is 4. The summed E-state index contributed by atoms with van der Waals surface area (Å²) >= 11 is 0. The largest absolute Gasteiger partial charge is 0.425 e. The molecule has 0 radical (unpaired) electrons. The van der Waals surface area contributed by atoms with Crippen LogP contribution < -0.4 is 32.4 Å². The molecule has 18 nitrogen and oxygen atoms in total. The van der Waals surface area contributed by atoms with Gasteiger partial charge in [0, 0.05) is 13.8 Å². The Morgan fingerprint density at radius 1 is 0.683 bits per heavy atom. The van der Waals surface area contributed by atoms with Crippen molar-refractivity contribution in [3.05, 3.63) is 67.5 Å². The third-order valence-electron chi connectivity index (χ3n) is 5.86. The van der Waals surface area contributed by atoms with E-state index < -0.39 is 95.2 Å². The van der Waals surface area contributed by atoms with Crippen molar-refractivity contribution in [2.24, 2.45) is 0 Å². The number of amides is 6. The smallest absolute Gasteiger partial charge is 0.296 e. The maximum atomic E-state index is 12.6. The van der Waals surface area contributed by atoms with Gasteiger partial charge < -0.3 is 41.5 Å². The van der Waals surface area contributed by atoms with E-state index in [4.69, 9.17) is 0 Å². The molecule has 4 aliphatic rings. The lowest BCUT2D eigenvalue weighted by Gasteiger charge is -2.29. The van der Waals surface area contributed by atoms with Crippen LogP contribution in [0.3, 0.4) is 0 Å². The maximum absolute atomic E-state index is 12.6. The van der Waals surface area contributed by atoms with Gasteiger partial charge >= 0.3 is 0 Å². The van der Waals surface area contributed by atoms with Gasteiger partial charge in [-0.1, -0.05) is 0 Å². The van der Waals surface area contributed by atoms with Crippen LogP contribution in [0, 0.1) is 0 Å². The van der Waals surface area contributed by atoms with Crippen LogP contribution in [0.25, 0.3) is 0 Å². The number of hydrogen-bond acceptors (Lipinski definition) is 10. The third-order valence-corrected chi connectivity index (χ3v) is 5.86. The molecule has 0 saturated carbocycles. The molecule has 0 atom stereocenters. The van der Waals surface area contributed by atoms with Crippen LogP contribution in [0.4, 0.5) is 0 Å². The highest BCUT2D eigenvalue weighted by Crippen LogP contribution is 2.03. The van der Waals surface area contributed by atoms with Crippen molar-refractivity contribution in [2.45, 2.75) is 26.9 Å². The van der Waals surface area contributed by atoms with E-state index in [0.29, 0.717) is 0 Å². The van der Waals surface area contributed by atoms with Crippen molar-refractivity contribution in [3.8, 4) is 0 Å². The molecule has 18 heteroatoms. The van der Waals surface area contributed by atoms with Gasteiger partial charge in [0.05, 0.1) is 26.2 Å². The van der Waals surface area contributed by atoms with Crippen molar-refractivity contribution in [1.29, 1.82) is 0 Å². The predicted octanol–water partition coefficient (Wildman–Crippen LogP) is -2.97. The molecule has 0 fully saturated rings. The van der Waals surface area contributed by atoms with Gasteiger partial charge in [-0.25, -0.2) is 0 Å². The molecule has 4 bridgehead atoms. The first-order valence-corrected chi connectivity index (χ1v) is 11.8. The minimum absolute atomic E-state index is 0.0855. The summed E-state index contributed by atoms with van der Waals surface area (Å²) in [4.78, 5) is 102. The molecule has 6 rings (SSSR count). The number of nitrogens with one attached hydrogen (secondary N) is 4. The Kier molecular flexibility index (Phi) is 8.75. The fraction of sp³-hybridized carbons (Fsp3) is 0.304. The highest BCUT2D eigenvalue weighted by atomic mass is 16.5. The van der Waals surface area contributed by atoms with E-state index in [-0.39, 0.29) is 9.46 Å². The maximum Gasteiger partial charge on any atom is 0.296 e. The molecule has 6 N–H and O–H groups in total. The topological polar surface area (TPSA) is 241 Å². The number of aromatic nitrogens is 2. The molecule has 0 unspecified atom stereocenters. The second-order valence-electron chi connectivity index (χ2n) is 8.75. The van der Waals surface area contributed by atoms with Gasteiger partial charge in [-0.3, -0.25) is 38.4 Å². The highest BCUT2D eigenvalue weighted by Gasteiger charge is 2.25. The van der Waals surface area contributed by atoms with E-state index in [1.807, 2.05) is 0 Å². The van der Waals surface area contributed by atoms with E-state index in [1.54, 1.807) is 0 Å². The van der Waals surface area contributed by atoms with Gasteiger partial charge in [0.25, 0.3) is 34.7 Å². The van der Waals surface area contributed by atoms with Crippen molar-refractivity contribution in [1.82, 2.24) is 40.5 Å². The summed E-state index contributed by atoms with van der Waals surface area (Å²) in [5.41, 5.74) is -4.94. The monoisotopic (exact) mass is 574 g/mol. The van der Waals surface area contributed by atoms with Crippen LogP contribution in [0.2, 0.25) is 0 Å². The van der Waals surface area contributed by atoms with Crippen molar-refractivity contribution >= 4 is 35.4 Å². The zero-order valence-electron chi connectivity index (χ0n) is 22.0. The summed E-state index contributed by atoms with van der Waals surface area (Å²) < 4.78 is -0.171. The van der Waals surface area contributed by atoms with Gasteiger partial charge in [-0.05, 0) is 31.2 Å². The molecule has 6 amide bonds. The Morgan fingerprint density at radius 3 is 1.39 bits per heavy atom. The molecule has 0 aliphatic carbocycles. The standard InChI is InChI=1S/C23H26N8O10/c1-11-26-20(36)16-6-4-14(22(38)30(16)40)18(34)24-8-28(12(2)32)10-29(13(3)33)9-25-19(35)15-5-7-17(21(37)27-11)31(41)23(15)39/h4-7,11,40-41H,8-10H2,1-3H3,(H,24,34)(H,25,35)(H,26,36)(H,27,37). The Hall–Kier alpha value is -5.68. The van der Waals surface area contributed by atoms with Gasteiger partial charge in [0.15, 0.2) is 0 Å². The molecular formula is C23H26N8O10. The fourth-order valence-electron chi connectivity index (χ4n) is 3.57. The Balaban J connectivity index is 2.04. The number of carbonyl (C=O) groups is 6.